The van der Waals surface area contributed by atoms with Gasteiger partial charge in [-0.3, -0.25) is 4.79 Å². The second-order valence-corrected chi connectivity index (χ2v) is 8.16. The largest absolute Gasteiger partial charge is 0.449 e. The Morgan fingerprint density at radius 1 is 1.24 bits per heavy atom. The Morgan fingerprint density at radius 3 is 2.83 bits per heavy atom. The number of aromatic nitrogens is 1. The molecule has 0 aliphatic rings. The number of nitrogens with zero attached hydrogens (tertiary/aromatic N) is 2. The summed E-state index contributed by atoms with van der Waals surface area (Å²) in [6.07, 6.45) is -0.960. The molecule has 2 aromatic heterocycles. The SMILES string of the molecule is CC(OC(=O)c1cc2cc(Cl)ccc2o1)C(=O)N(C)Cc1nc2ccccc2s1. The van der Waals surface area contributed by atoms with Gasteiger partial charge < -0.3 is 14.1 Å². The lowest BCUT2D eigenvalue weighted by atomic mass is 10.2. The summed E-state index contributed by atoms with van der Waals surface area (Å²) in [5, 5.41) is 2.05. The number of carbonyl (C=O) groups excluding carboxylic acids is 2. The molecule has 0 fully saturated rings. The molecule has 2 heterocycles. The third-order valence-electron chi connectivity index (χ3n) is 4.40. The van der Waals surface area contributed by atoms with Gasteiger partial charge >= 0.3 is 5.97 Å². The van der Waals surface area contributed by atoms with Gasteiger partial charge in [0.15, 0.2) is 6.10 Å². The van der Waals surface area contributed by atoms with Crippen LogP contribution in [0.25, 0.3) is 21.2 Å². The number of benzene rings is 2. The number of esters is 1. The van der Waals surface area contributed by atoms with Crippen LogP contribution < -0.4 is 0 Å². The van der Waals surface area contributed by atoms with E-state index in [1.54, 1.807) is 31.3 Å². The number of halogens is 1. The summed E-state index contributed by atoms with van der Waals surface area (Å²) in [4.78, 5) is 31.0. The zero-order valence-electron chi connectivity index (χ0n) is 15.7. The predicted octanol–water partition coefficient (Wildman–Crippen LogP) is 4.90. The quantitative estimate of drug-likeness (QED) is 0.423. The van der Waals surface area contributed by atoms with Crippen molar-refractivity contribution >= 4 is 56.0 Å². The maximum atomic E-state index is 12.6. The van der Waals surface area contributed by atoms with Gasteiger partial charge in [-0.25, -0.2) is 9.78 Å². The molecule has 0 saturated heterocycles. The van der Waals surface area contributed by atoms with Crippen molar-refractivity contribution in [2.24, 2.45) is 0 Å². The number of amides is 1. The molecule has 0 N–H and O–H groups in total. The van der Waals surface area contributed by atoms with E-state index in [0.717, 1.165) is 15.2 Å². The summed E-state index contributed by atoms with van der Waals surface area (Å²) in [6.45, 7) is 1.87. The van der Waals surface area contributed by atoms with Gasteiger partial charge in [0.25, 0.3) is 5.91 Å². The summed E-state index contributed by atoms with van der Waals surface area (Å²) in [7, 11) is 1.65. The smallest absolute Gasteiger partial charge is 0.375 e. The average molecular weight is 429 g/mol. The molecule has 8 heteroatoms. The van der Waals surface area contributed by atoms with E-state index in [1.807, 2.05) is 24.3 Å². The normalized spacial score (nSPS) is 12.2. The fraction of sp³-hybridized carbons (Fsp3) is 0.190. The number of carbonyl (C=O) groups is 2. The number of hydrogen-bond donors (Lipinski definition) is 0. The van der Waals surface area contributed by atoms with E-state index in [9.17, 15) is 9.59 Å². The van der Waals surface area contributed by atoms with Crippen molar-refractivity contribution < 1.29 is 18.7 Å². The van der Waals surface area contributed by atoms with Crippen LogP contribution in [-0.2, 0) is 16.1 Å². The third kappa shape index (κ3) is 4.11. The molecule has 6 nitrogen and oxygen atoms in total. The van der Waals surface area contributed by atoms with Crippen LogP contribution in [-0.4, -0.2) is 34.9 Å². The Morgan fingerprint density at radius 2 is 2.03 bits per heavy atom. The van der Waals surface area contributed by atoms with E-state index in [0.29, 0.717) is 22.5 Å². The Labute approximate surface area is 175 Å². The van der Waals surface area contributed by atoms with E-state index >= 15 is 0 Å². The predicted molar refractivity (Wildman–Crippen MR) is 112 cm³/mol. The van der Waals surface area contributed by atoms with Gasteiger partial charge in [0.05, 0.1) is 16.8 Å². The van der Waals surface area contributed by atoms with Gasteiger partial charge in [-0.2, -0.15) is 0 Å². The lowest BCUT2D eigenvalue weighted by Gasteiger charge is -2.20. The van der Waals surface area contributed by atoms with E-state index in [4.69, 9.17) is 20.8 Å². The molecule has 0 aliphatic carbocycles. The fourth-order valence-electron chi connectivity index (χ4n) is 2.96. The summed E-state index contributed by atoms with van der Waals surface area (Å²) in [6, 6.07) is 14.4. The van der Waals surface area contributed by atoms with E-state index in [-0.39, 0.29) is 11.7 Å². The lowest BCUT2D eigenvalue weighted by Crippen LogP contribution is -2.37. The molecule has 0 saturated carbocycles. The molecule has 2 aromatic carbocycles. The first-order valence-corrected chi connectivity index (χ1v) is 10.1. The van der Waals surface area contributed by atoms with E-state index in [1.165, 1.54) is 23.2 Å². The molecule has 1 unspecified atom stereocenters. The van der Waals surface area contributed by atoms with Crippen molar-refractivity contribution in [1.29, 1.82) is 0 Å². The average Bonchev–Trinajstić information content (AvgIpc) is 3.30. The highest BCUT2D eigenvalue weighted by Crippen LogP contribution is 2.24. The monoisotopic (exact) mass is 428 g/mol. The van der Waals surface area contributed by atoms with E-state index in [2.05, 4.69) is 4.98 Å². The zero-order valence-corrected chi connectivity index (χ0v) is 17.3. The van der Waals surface area contributed by atoms with Crippen molar-refractivity contribution in [2.75, 3.05) is 7.05 Å². The summed E-state index contributed by atoms with van der Waals surface area (Å²) >= 11 is 7.48. The summed E-state index contributed by atoms with van der Waals surface area (Å²) in [5.74, 6) is -1.00. The topological polar surface area (TPSA) is 72.6 Å². The third-order valence-corrected chi connectivity index (χ3v) is 5.65. The second kappa shape index (κ2) is 7.85. The standard InChI is InChI=1S/C21H17ClN2O4S/c1-12(27-21(26)17-10-13-9-14(22)7-8-16(13)28-17)20(25)24(2)11-19-23-15-5-3-4-6-18(15)29-19/h3-10,12H,11H2,1-2H3. The van der Waals surface area contributed by atoms with Gasteiger partial charge in [0, 0.05) is 17.5 Å². The molecule has 1 amide bonds. The fourth-order valence-corrected chi connectivity index (χ4v) is 4.16. The number of likely N-dealkylation sites (N-methyl/N-ethyl adjacent to an activating group) is 1. The molecule has 29 heavy (non-hydrogen) atoms. The van der Waals surface area contributed by atoms with Crippen molar-refractivity contribution in [3.63, 3.8) is 0 Å². The first kappa shape index (κ1) is 19.4. The molecule has 4 aromatic rings. The van der Waals surface area contributed by atoms with Crippen LogP contribution in [0.15, 0.2) is 52.9 Å². The number of rotatable bonds is 5. The number of ether oxygens (including phenoxy) is 1. The number of hydrogen-bond acceptors (Lipinski definition) is 6. The number of fused-ring (bicyclic) bond motifs is 2. The maximum absolute atomic E-state index is 12.6. The Bertz CT molecular complexity index is 1180. The van der Waals surface area contributed by atoms with E-state index < -0.39 is 12.1 Å². The van der Waals surface area contributed by atoms with Crippen molar-refractivity contribution in [1.82, 2.24) is 9.88 Å². The highest BCUT2D eigenvalue weighted by molar-refractivity contribution is 7.18. The molecule has 0 spiro atoms. The Balaban J connectivity index is 1.41. The molecule has 148 valence electrons. The number of thiazole rings is 1. The van der Waals surface area contributed by atoms with Gasteiger partial charge in [0.1, 0.15) is 10.6 Å². The molecule has 0 bridgehead atoms. The minimum absolute atomic E-state index is 0.0238. The lowest BCUT2D eigenvalue weighted by molar-refractivity contribution is -0.139. The van der Waals surface area contributed by atoms with Gasteiger partial charge in [-0.15, -0.1) is 11.3 Å². The van der Waals surface area contributed by atoms with Crippen molar-refractivity contribution in [3.05, 3.63) is 64.3 Å². The molecule has 4 rings (SSSR count). The second-order valence-electron chi connectivity index (χ2n) is 6.61. The van der Waals surface area contributed by atoms with Crippen molar-refractivity contribution in [3.8, 4) is 0 Å². The molecule has 0 radical (unpaired) electrons. The van der Waals surface area contributed by atoms with Gasteiger partial charge in [0.2, 0.25) is 5.76 Å². The van der Waals surface area contributed by atoms with Crippen LogP contribution in [0.3, 0.4) is 0 Å². The van der Waals surface area contributed by atoms with Gasteiger partial charge in [-0.1, -0.05) is 23.7 Å². The first-order valence-electron chi connectivity index (χ1n) is 8.90. The zero-order chi connectivity index (χ0) is 20.5. The highest BCUT2D eigenvalue weighted by atomic mass is 35.5. The minimum atomic E-state index is -0.960. The summed E-state index contributed by atoms with van der Waals surface area (Å²) in [5.41, 5.74) is 1.42. The van der Waals surface area contributed by atoms with Crippen LogP contribution >= 0.6 is 22.9 Å². The van der Waals surface area contributed by atoms with Crippen molar-refractivity contribution in [2.45, 2.75) is 19.6 Å². The molecule has 1 atom stereocenters. The Kier molecular flexibility index (Phi) is 5.25. The minimum Gasteiger partial charge on any atom is -0.449 e. The highest BCUT2D eigenvalue weighted by Gasteiger charge is 2.24. The number of furan rings is 1. The maximum Gasteiger partial charge on any atom is 0.375 e. The van der Waals surface area contributed by atoms with Crippen LogP contribution in [0.2, 0.25) is 5.02 Å². The molecular formula is C21H17ClN2O4S. The number of para-hydroxylation sites is 1. The Hall–Kier alpha value is -2.90. The van der Waals surface area contributed by atoms with Crippen LogP contribution in [0, 0.1) is 0 Å². The van der Waals surface area contributed by atoms with Crippen LogP contribution in [0.5, 0.6) is 0 Å². The molecular weight excluding hydrogens is 412 g/mol. The van der Waals surface area contributed by atoms with Gasteiger partial charge in [-0.05, 0) is 43.3 Å². The van der Waals surface area contributed by atoms with Crippen LogP contribution in [0.4, 0.5) is 0 Å². The van der Waals surface area contributed by atoms with Crippen LogP contribution in [0.1, 0.15) is 22.5 Å². The molecule has 0 aliphatic heterocycles. The summed E-state index contributed by atoms with van der Waals surface area (Å²) < 4.78 is 11.9. The first-order chi connectivity index (χ1) is 13.9.